The van der Waals surface area contributed by atoms with Gasteiger partial charge in [0.05, 0.1) is 23.6 Å². The summed E-state index contributed by atoms with van der Waals surface area (Å²) in [6.07, 6.45) is 2.98. The van der Waals surface area contributed by atoms with Crippen LogP contribution in [0.25, 0.3) is 0 Å². The van der Waals surface area contributed by atoms with Crippen molar-refractivity contribution in [2.45, 2.75) is 18.8 Å². The minimum atomic E-state index is -3.49. The molecule has 0 aliphatic heterocycles. The summed E-state index contributed by atoms with van der Waals surface area (Å²) in [4.78, 5) is 20.2. The number of pyridine rings is 2. The Hall–Kier alpha value is -3.30. The third kappa shape index (κ3) is 6.37. The van der Waals surface area contributed by atoms with E-state index in [0.717, 1.165) is 5.56 Å². The molecular formula is C20H21N5O3S. The van der Waals surface area contributed by atoms with Crippen molar-refractivity contribution < 1.29 is 13.2 Å². The van der Waals surface area contributed by atoms with Gasteiger partial charge in [0.25, 0.3) is 5.91 Å². The number of benzene rings is 1. The van der Waals surface area contributed by atoms with Crippen LogP contribution in [0.1, 0.15) is 27.2 Å². The molecule has 0 spiro atoms. The minimum Gasteiger partial charge on any atom is -0.384 e. The Bertz CT molecular complexity index is 1070. The molecule has 0 bridgehead atoms. The number of sulfonamides is 1. The summed E-state index contributed by atoms with van der Waals surface area (Å²) in [6.45, 7) is 0.342. The highest BCUT2D eigenvalue weighted by atomic mass is 32.2. The number of carbonyl (C=O) groups is 1. The Kier molecular flexibility index (Phi) is 6.53. The highest BCUT2D eigenvalue weighted by Gasteiger charge is 2.12. The third-order valence-electron chi connectivity index (χ3n) is 4.06. The molecule has 0 radical (unpaired) electrons. The Balaban J connectivity index is 1.55. The summed E-state index contributed by atoms with van der Waals surface area (Å²) in [7, 11) is -3.49. The molecule has 29 heavy (non-hydrogen) atoms. The van der Waals surface area contributed by atoms with Gasteiger partial charge in [0.15, 0.2) is 0 Å². The van der Waals surface area contributed by atoms with E-state index in [0.29, 0.717) is 22.6 Å². The molecule has 0 unspecified atom stereocenters. The van der Waals surface area contributed by atoms with Gasteiger partial charge in [-0.05, 0) is 35.4 Å². The highest BCUT2D eigenvalue weighted by Crippen LogP contribution is 2.07. The number of rotatable bonds is 8. The highest BCUT2D eigenvalue weighted by molar-refractivity contribution is 7.88. The summed E-state index contributed by atoms with van der Waals surface area (Å²) >= 11 is 0. The molecule has 9 heteroatoms. The van der Waals surface area contributed by atoms with Crippen LogP contribution in [0.3, 0.4) is 0 Å². The number of hydrogen-bond acceptors (Lipinski definition) is 6. The van der Waals surface area contributed by atoms with Crippen molar-refractivity contribution in [1.82, 2.24) is 20.0 Å². The normalized spacial score (nSPS) is 11.2. The van der Waals surface area contributed by atoms with Crippen molar-refractivity contribution >= 4 is 21.7 Å². The van der Waals surface area contributed by atoms with Crippen LogP contribution in [0.5, 0.6) is 0 Å². The van der Waals surface area contributed by atoms with E-state index in [1.54, 1.807) is 54.7 Å². The van der Waals surface area contributed by atoms with Gasteiger partial charge in [-0.3, -0.25) is 9.78 Å². The summed E-state index contributed by atoms with van der Waals surface area (Å²) in [5.41, 5.74) is 7.98. The van der Waals surface area contributed by atoms with Crippen molar-refractivity contribution in [3.05, 3.63) is 89.4 Å². The fourth-order valence-corrected chi connectivity index (χ4v) is 3.69. The van der Waals surface area contributed by atoms with E-state index in [9.17, 15) is 13.2 Å². The monoisotopic (exact) mass is 411 g/mol. The molecule has 8 nitrogen and oxygen atoms in total. The first-order valence-electron chi connectivity index (χ1n) is 8.86. The van der Waals surface area contributed by atoms with Gasteiger partial charge >= 0.3 is 0 Å². The number of carbonyl (C=O) groups excluding carboxylic acids is 1. The van der Waals surface area contributed by atoms with Gasteiger partial charge in [-0.25, -0.2) is 18.1 Å². The second-order valence-corrected chi connectivity index (χ2v) is 8.18. The number of nitrogens with two attached hydrogens (primary N) is 1. The van der Waals surface area contributed by atoms with Crippen molar-refractivity contribution in [2.24, 2.45) is 0 Å². The maximum atomic E-state index is 12.2. The summed E-state index contributed by atoms with van der Waals surface area (Å²) < 4.78 is 27.0. The number of hydrogen-bond donors (Lipinski definition) is 3. The zero-order valence-electron chi connectivity index (χ0n) is 15.6. The SMILES string of the molecule is Nc1ccc(C(=O)NCc2ccnc(CNS(=O)(=O)Cc3ccccc3)c2)cn1. The molecule has 2 aromatic heterocycles. The lowest BCUT2D eigenvalue weighted by atomic mass is 10.2. The fourth-order valence-electron chi connectivity index (χ4n) is 2.59. The number of amides is 1. The average Bonchev–Trinajstić information content (AvgIpc) is 2.72. The van der Waals surface area contributed by atoms with E-state index >= 15 is 0 Å². The largest absolute Gasteiger partial charge is 0.384 e. The van der Waals surface area contributed by atoms with Gasteiger partial charge < -0.3 is 11.1 Å². The van der Waals surface area contributed by atoms with E-state index in [2.05, 4.69) is 20.0 Å². The molecule has 3 aromatic rings. The van der Waals surface area contributed by atoms with Gasteiger partial charge in [0.2, 0.25) is 10.0 Å². The zero-order chi connectivity index (χ0) is 20.7. The molecule has 4 N–H and O–H groups in total. The Morgan fingerprint density at radius 3 is 2.48 bits per heavy atom. The lowest BCUT2D eigenvalue weighted by Crippen LogP contribution is -2.25. The molecule has 0 saturated heterocycles. The average molecular weight is 411 g/mol. The number of nitrogen functional groups attached to an aromatic ring is 1. The second-order valence-electron chi connectivity index (χ2n) is 6.38. The van der Waals surface area contributed by atoms with E-state index in [1.165, 1.54) is 6.20 Å². The minimum absolute atomic E-state index is 0.0683. The topological polar surface area (TPSA) is 127 Å². The van der Waals surface area contributed by atoms with Crippen LogP contribution in [0.2, 0.25) is 0 Å². The standard InChI is InChI=1S/C20H21N5O3S/c21-19-7-6-17(12-23-19)20(26)24-11-16-8-9-22-18(10-16)13-25-29(27,28)14-15-4-2-1-3-5-15/h1-10,12,25H,11,13-14H2,(H2,21,23)(H,24,26). The van der Waals surface area contributed by atoms with E-state index < -0.39 is 10.0 Å². The first-order valence-corrected chi connectivity index (χ1v) is 10.5. The first kappa shape index (κ1) is 20.4. The molecule has 0 fully saturated rings. The van der Waals surface area contributed by atoms with Crippen LogP contribution < -0.4 is 15.8 Å². The van der Waals surface area contributed by atoms with E-state index in [-0.39, 0.29) is 24.7 Å². The number of nitrogens with one attached hydrogen (secondary N) is 2. The third-order valence-corrected chi connectivity index (χ3v) is 5.35. The lowest BCUT2D eigenvalue weighted by molar-refractivity contribution is 0.0950. The maximum absolute atomic E-state index is 12.2. The molecule has 1 amide bonds. The fraction of sp³-hybridized carbons (Fsp3) is 0.150. The molecule has 1 aromatic carbocycles. The molecule has 2 heterocycles. The van der Waals surface area contributed by atoms with Gasteiger partial charge in [-0.1, -0.05) is 30.3 Å². The molecule has 0 saturated carbocycles. The quantitative estimate of drug-likeness (QED) is 0.517. The summed E-state index contributed by atoms with van der Waals surface area (Å²) in [5, 5.41) is 2.78. The number of nitrogens with zero attached hydrogens (tertiary/aromatic N) is 2. The van der Waals surface area contributed by atoms with Crippen molar-refractivity contribution in [3.63, 3.8) is 0 Å². The molecule has 0 aliphatic rings. The molecule has 150 valence electrons. The van der Waals surface area contributed by atoms with Crippen LogP contribution in [0.15, 0.2) is 67.0 Å². The molecule has 3 rings (SSSR count). The molecule has 0 aliphatic carbocycles. The van der Waals surface area contributed by atoms with Crippen LogP contribution in [0.4, 0.5) is 5.82 Å². The van der Waals surface area contributed by atoms with Crippen molar-refractivity contribution in [1.29, 1.82) is 0 Å². The van der Waals surface area contributed by atoms with Crippen LogP contribution in [-0.2, 0) is 28.9 Å². The predicted molar refractivity (Wildman–Crippen MR) is 110 cm³/mol. The Morgan fingerprint density at radius 1 is 0.966 bits per heavy atom. The van der Waals surface area contributed by atoms with E-state index in [4.69, 9.17) is 5.73 Å². The number of anilines is 1. The van der Waals surface area contributed by atoms with Gasteiger partial charge in [0, 0.05) is 18.9 Å². The first-order chi connectivity index (χ1) is 13.9. The molecule has 0 atom stereocenters. The van der Waals surface area contributed by atoms with E-state index in [1.807, 2.05) is 6.07 Å². The second kappa shape index (κ2) is 9.26. The Morgan fingerprint density at radius 2 is 1.76 bits per heavy atom. The van der Waals surface area contributed by atoms with Crippen LogP contribution in [0, 0.1) is 0 Å². The predicted octanol–water partition coefficient (Wildman–Crippen LogP) is 1.61. The smallest absolute Gasteiger partial charge is 0.253 e. The maximum Gasteiger partial charge on any atom is 0.253 e. The lowest BCUT2D eigenvalue weighted by Gasteiger charge is -2.09. The summed E-state index contributed by atoms with van der Waals surface area (Å²) in [5.74, 6) is -0.0337. The van der Waals surface area contributed by atoms with Gasteiger partial charge in [-0.15, -0.1) is 0 Å². The van der Waals surface area contributed by atoms with Gasteiger partial charge in [-0.2, -0.15) is 0 Å². The van der Waals surface area contributed by atoms with Crippen LogP contribution in [-0.4, -0.2) is 24.3 Å². The molecular weight excluding hydrogens is 390 g/mol. The zero-order valence-corrected chi connectivity index (χ0v) is 16.4. The van der Waals surface area contributed by atoms with Crippen LogP contribution >= 0.6 is 0 Å². The summed E-state index contributed by atoms with van der Waals surface area (Å²) in [6, 6.07) is 15.6. The number of aromatic nitrogens is 2. The van der Waals surface area contributed by atoms with Gasteiger partial charge in [0.1, 0.15) is 5.82 Å². The van der Waals surface area contributed by atoms with Crippen molar-refractivity contribution in [3.8, 4) is 0 Å². The van der Waals surface area contributed by atoms with Crippen molar-refractivity contribution in [2.75, 3.05) is 5.73 Å². The Labute approximate surface area is 169 Å².